The van der Waals surface area contributed by atoms with E-state index in [1.165, 1.54) is 5.56 Å². The van der Waals surface area contributed by atoms with Gasteiger partial charge in [0.05, 0.1) is 23.5 Å². The lowest BCUT2D eigenvalue weighted by Crippen LogP contribution is -2.45. The predicted octanol–water partition coefficient (Wildman–Crippen LogP) is 3.73. The first-order valence-corrected chi connectivity index (χ1v) is 9.79. The molecule has 0 bridgehead atoms. The summed E-state index contributed by atoms with van der Waals surface area (Å²) in [6.45, 7) is 11.4. The lowest BCUT2D eigenvalue weighted by atomic mass is 10.0. The summed E-state index contributed by atoms with van der Waals surface area (Å²) >= 11 is 0. The molecule has 2 heterocycles. The van der Waals surface area contributed by atoms with E-state index >= 15 is 0 Å². The number of hydrogen-bond acceptors (Lipinski definition) is 3. The Morgan fingerprint density at radius 1 is 1.25 bits per heavy atom. The summed E-state index contributed by atoms with van der Waals surface area (Å²) in [6, 6.07) is 10.2. The third kappa shape index (κ3) is 5.47. The first-order valence-electron chi connectivity index (χ1n) is 9.79. The van der Waals surface area contributed by atoms with E-state index in [4.69, 9.17) is 14.8 Å². The number of hydrogen-bond donors (Lipinski definition) is 2. The molecule has 1 aliphatic heterocycles. The minimum Gasteiger partial charge on any atom is -0.373 e. The molecule has 154 valence electrons. The van der Waals surface area contributed by atoms with Crippen molar-refractivity contribution in [1.82, 2.24) is 20.4 Å². The van der Waals surface area contributed by atoms with Crippen LogP contribution in [0.2, 0.25) is 0 Å². The largest absolute Gasteiger partial charge is 0.373 e. The third-order valence-electron chi connectivity index (χ3n) is 5.11. The van der Waals surface area contributed by atoms with Gasteiger partial charge in [-0.1, -0.05) is 18.2 Å². The highest BCUT2D eigenvalue weighted by Crippen LogP contribution is 2.24. The number of nitrogens with zero attached hydrogens (tertiary/aromatic N) is 3. The second-order valence-corrected chi connectivity index (χ2v) is 7.35. The minimum absolute atomic E-state index is 0. The van der Waals surface area contributed by atoms with E-state index in [0.717, 1.165) is 55.6 Å². The lowest BCUT2D eigenvalue weighted by Gasteiger charge is -2.24. The number of guanidine groups is 1. The zero-order chi connectivity index (χ0) is 19.3. The fraction of sp³-hybridized carbons (Fsp3) is 0.524. The molecule has 0 amide bonds. The van der Waals surface area contributed by atoms with Crippen LogP contribution in [0.5, 0.6) is 0 Å². The van der Waals surface area contributed by atoms with Crippen LogP contribution in [0.25, 0.3) is 5.69 Å². The van der Waals surface area contributed by atoms with Crippen LogP contribution in [0, 0.1) is 13.8 Å². The smallest absolute Gasteiger partial charge is 0.191 e. The summed E-state index contributed by atoms with van der Waals surface area (Å²) in [5, 5.41) is 11.5. The van der Waals surface area contributed by atoms with E-state index < -0.39 is 0 Å². The minimum atomic E-state index is -0.0970. The monoisotopic (exact) mass is 497 g/mol. The molecule has 2 N–H and O–H groups in total. The van der Waals surface area contributed by atoms with Gasteiger partial charge in [0.25, 0.3) is 0 Å². The fourth-order valence-electron chi connectivity index (χ4n) is 3.47. The van der Waals surface area contributed by atoms with Crippen LogP contribution in [0.1, 0.15) is 43.6 Å². The molecular formula is C21H32IN5O. The van der Waals surface area contributed by atoms with E-state index in [0.29, 0.717) is 6.54 Å². The number of aromatic nitrogens is 2. The van der Waals surface area contributed by atoms with Crippen molar-refractivity contribution < 1.29 is 4.74 Å². The zero-order valence-corrected chi connectivity index (χ0v) is 19.6. The summed E-state index contributed by atoms with van der Waals surface area (Å²) in [5.41, 5.74) is 4.29. The van der Waals surface area contributed by atoms with Crippen LogP contribution in [-0.4, -0.2) is 41.0 Å². The van der Waals surface area contributed by atoms with Crippen LogP contribution in [0.4, 0.5) is 0 Å². The number of rotatable bonds is 6. The standard InChI is InChI=1S/C21H31N5O.HI/c1-5-22-20(24-15-21(4)12-9-13-27-21)23-14-19-16(2)25-26(17(19)3)18-10-7-6-8-11-18;/h6-8,10-11H,5,9,12-15H2,1-4H3,(H2,22,23,24);1H. The van der Waals surface area contributed by atoms with Gasteiger partial charge in [-0.2, -0.15) is 5.10 Å². The SMILES string of the molecule is CCNC(=NCc1c(C)nn(-c2ccccc2)c1C)NCC1(C)CCCO1.I. The van der Waals surface area contributed by atoms with Gasteiger partial charge in [0.15, 0.2) is 5.96 Å². The number of aryl methyl sites for hydroxylation is 1. The molecule has 6 nitrogen and oxygen atoms in total. The van der Waals surface area contributed by atoms with Crippen molar-refractivity contribution in [2.75, 3.05) is 19.7 Å². The van der Waals surface area contributed by atoms with E-state index in [1.807, 2.05) is 29.8 Å². The van der Waals surface area contributed by atoms with Gasteiger partial charge in [0.2, 0.25) is 0 Å². The number of halogens is 1. The highest BCUT2D eigenvalue weighted by atomic mass is 127. The van der Waals surface area contributed by atoms with Crippen molar-refractivity contribution in [2.45, 2.75) is 52.7 Å². The Kier molecular flexibility index (Phi) is 8.30. The average Bonchev–Trinajstić information content (AvgIpc) is 3.22. The quantitative estimate of drug-likeness (QED) is 0.363. The Labute approximate surface area is 185 Å². The first kappa shape index (κ1) is 22.7. The molecular weight excluding hydrogens is 465 g/mol. The van der Waals surface area contributed by atoms with Gasteiger partial charge in [-0.05, 0) is 52.7 Å². The molecule has 0 spiro atoms. The van der Waals surface area contributed by atoms with E-state index in [1.54, 1.807) is 0 Å². The average molecular weight is 497 g/mol. The normalized spacial score (nSPS) is 19.4. The van der Waals surface area contributed by atoms with Crippen molar-refractivity contribution in [3.63, 3.8) is 0 Å². The zero-order valence-electron chi connectivity index (χ0n) is 17.3. The molecule has 28 heavy (non-hydrogen) atoms. The van der Waals surface area contributed by atoms with E-state index in [-0.39, 0.29) is 29.6 Å². The predicted molar refractivity (Wildman–Crippen MR) is 125 cm³/mol. The van der Waals surface area contributed by atoms with Gasteiger partial charge < -0.3 is 15.4 Å². The summed E-state index contributed by atoms with van der Waals surface area (Å²) in [7, 11) is 0. The lowest BCUT2D eigenvalue weighted by molar-refractivity contribution is 0.0243. The van der Waals surface area contributed by atoms with Crippen molar-refractivity contribution in [3.8, 4) is 5.69 Å². The number of benzene rings is 1. The molecule has 0 aliphatic carbocycles. The molecule has 1 aliphatic rings. The van der Waals surface area contributed by atoms with Crippen LogP contribution in [-0.2, 0) is 11.3 Å². The molecule has 0 radical (unpaired) electrons. The molecule has 1 unspecified atom stereocenters. The first-order chi connectivity index (χ1) is 13.0. The highest BCUT2D eigenvalue weighted by Gasteiger charge is 2.29. The van der Waals surface area contributed by atoms with Crippen molar-refractivity contribution in [3.05, 3.63) is 47.3 Å². The fourth-order valence-corrected chi connectivity index (χ4v) is 3.47. The van der Waals surface area contributed by atoms with Gasteiger partial charge in [-0.15, -0.1) is 24.0 Å². The van der Waals surface area contributed by atoms with Gasteiger partial charge in [0.1, 0.15) is 0 Å². The second kappa shape index (κ2) is 10.2. The van der Waals surface area contributed by atoms with Crippen LogP contribution >= 0.6 is 24.0 Å². The maximum Gasteiger partial charge on any atom is 0.191 e. The number of aliphatic imine (C=N–C) groups is 1. The Morgan fingerprint density at radius 3 is 2.64 bits per heavy atom. The van der Waals surface area contributed by atoms with Gasteiger partial charge in [0, 0.05) is 31.0 Å². The van der Waals surface area contributed by atoms with Crippen molar-refractivity contribution in [1.29, 1.82) is 0 Å². The Bertz CT molecular complexity index is 782. The molecule has 1 aromatic heterocycles. The summed E-state index contributed by atoms with van der Waals surface area (Å²) in [6.07, 6.45) is 2.21. The summed E-state index contributed by atoms with van der Waals surface area (Å²) in [5.74, 6) is 0.820. The van der Waals surface area contributed by atoms with Gasteiger partial charge in [-0.25, -0.2) is 9.67 Å². The maximum atomic E-state index is 5.86. The topological polar surface area (TPSA) is 63.5 Å². The Morgan fingerprint density at radius 2 is 2.00 bits per heavy atom. The number of para-hydroxylation sites is 1. The van der Waals surface area contributed by atoms with Crippen LogP contribution in [0.3, 0.4) is 0 Å². The molecule has 2 aromatic rings. The van der Waals surface area contributed by atoms with E-state index in [9.17, 15) is 0 Å². The summed E-state index contributed by atoms with van der Waals surface area (Å²) in [4.78, 5) is 4.79. The van der Waals surface area contributed by atoms with Gasteiger partial charge >= 0.3 is 0 Å². The molecule has 1 fully saturated rings. The second-order valence-electron chi connectivity index (χ2n) is 7.35. The Balaban J connectivity index is 0.00000280. The number of nitrogens with one attached hydrogen (secondary N) is 2. The highest BCUT2D eigenvalue weighted by molar-refractivity contribution is 14.0. The molecule has 1 atom stereocenters. The van der Waals surface area contributed by atoms with Crippen LogP contribution < -0.4 is 10.6 Å². The molecule has 7 heteroatoms. The van der Waals surface area contributed by atoms with Crippen molar-refractivity contribution in [2.24, 2.45) is 4.99 Å². The van der Waals surface area contributed by atoms with Gasteiger partial charge in [-0.3, -0.25) is 0 Å². The van der Waals surface area contributed by atoms with Crippen molar-refractivity contribution >= 4 is 29.9 Å². The molecule has 3 rings (SSSR count). The molecule has 1 saturated heterocycles. The summed E-state index contributed by atoms with van der Waals surface area (Å²) < 4.78 is 7.86. The third-order valence-corrected chi connectivity index (χ3v) is 5.11. The maximum absolute atomic E-state index is 5.86. The van der Waals surface area contributed by atoms with Crippen LogP contribution in [0.15, 0.2) is 35.3 Å². The molecule has 1 aromatic carbocycles. The Hall–Kier alpha value is -1.61. The molecule has 0 saturated carbocycles. The van der Waals surface area contributed by atoms with E-state index in [2.05, 4.69) is 43.5 Å². The number of ether oxygens (including phenoxy) is 1.